The van der Waals surface area contributed by atoms with Crippen LogP contribution in [0.25, 0.3) is 0 Å². The van der Waals surface area contributed by atoms with Crippen molar-refractivity contribution in [1.29, 1.82) is 0 Å². The SMILES string of the molecule is O=C(CCSc1ccc(Cl)cc1)NCCOc1ccc2c(c1)CCC(=O)N2. The van der Waals surface area contributed by atoms with Crippen LogP contribution in [0.5, 0.6) is 5.75 Å². The molecule has 0 aromatic heterocycles. The van der Waals surface area contributed by atoms with Crippen molar-refractivity contribution in [2.24, 2.45) is 0 Å². The lowest BCUT2D eigenvalue weighted by atomic mass is 10.0. The van der Waals surface area contributed by atoms with Crippen LogP contribution in [0.3, 0.4) is 0 Å². The van der Waals surface area contributed by atoms with Gasteiger partial charge in [0.05, 0.1) is 6.54 Å². The lowest BCUT2D eigenvalue weighted by Crippen LogP contribution is -2.28. The van der Waals surface area contributed by atoms with E-state index in [0.29, 0.717) is 36.8 Å². The Morgan fingerprint density at radius 1 is 1.19 bits per heavy atom. The minimum absolute atomic E-state index is 0.00761. The highest BCUT2D eigenvalue weighted by Gasteiger charge is 2.14. The summed E-state index contributed by atoms with van der Waals surface area (Å²) >= 11 is 7.48. The molecule has 0 fully saturated rings. The molecule has 0 bridgehead atoms. The Labute approximate surface area is 167 Å². The summed E-state index contributed by atoms with van der Waals surface area (Å²) in [5.41, 5.74) is 1.93. The fourth-order valence-corrected chi connectivity index (χ4v) is 3.67. The number of anilines is 1. The van der Waals surface area contributed by atoms with Crippen molar-refractivity contribution in [2.75, 3.05) is 24.2 Å². The summed E-state index contributed by atoms with van der Waals surface area (Å²) in [6, 6.07) is 13.2. The molecular weight excluding hydrogens is 384 g/mol. The zero-order valence-corrected chi connectivity index (χ0v) is 16.4. The van der Waals surface area contributed by atoms with Crippen LogP contribution in [0.15, 0.2) is 47.4 Å². The highest BCUT2D eigenvalue weighted by Crippen LogP contribution is 2.26. The summed E-state index contributed by atoms with van der Waals surface area (Å²) in [5, 5.41) is 6.41. The number of ether oxygens (including phenoxy) is 1. The molecule has 0 radical (unpaired) electrons. The van der Waals surface area contributed by atoms with Gasteiger partial charge >= 0.3 is 0 Å². The third-order valence-corrected chi connectivity index (χ3v) is 5.34. The zero-order valence-electron chi connectivity index (χ0n) is 14.8. The topological polar surface area (TPSA) is 67.4 Å². The van der Waals surface area contributed by atoms with Gasteiger partial charge in [-0.3, -0.25) is 9.59 Å². The first-order valence-electron chi connectivity index (χ1n) is 8.81. The fourth-order valence-electron chi connectivity index (χ4n) is 2.69. The number of benzene rings is 2. The van der Waals surface area contributed by atoms with Crippen molar-refractivity contribution in [2.45, 2.75) is 24.2 Å². The van der Waals surface area contributed by atoms with Crippen LogP contribution >= 0.6 is 23.4 Å². The van der Waals surface area contributed by atoms with Gasteiger partial charge in [-0.1, -0.05) is 11.6 Å². The second-order valence-electron chi connectivity index (χ2n) is 6.12. The van der Waals surface area contributed by atoms with Crippen molar-refractivity contribution >= 4 is 40.9 Å². The Morgan fingerprint density at radius 2 is 2.00 bits per heavy atom. The Morgan fingerprint density at radius 3 is 2.81 bits per heavy atom. The molecule has 0 saturated carbocycles. The molecule has 5 nitrogen and oxygen atoms in total. The molecule has 3 rings (SSSR count). The molecule has 2 amide bonds. The second kappa shape index (κ2) is 9.67. The van der Waals surface area contributed by atoms with Gasteiger partial charge in [-0.2, -0.15) is 0 Å². The van der Waals surface area contributed by atoms with Crippen molar-refractivity contribution in [3.05, 3.63) is 53.1 Å². The number of hydrogen-bond donors (Lipinski definition) is 2. The van der Waals surface area contributed by atoms with Crippen molar-refractivity contribution in [1.82, 2.24) is 5.32 Å². The van der Waals surface area contributed by atoms with E-state index >= 15 is 0 Å². The fraction of sp³-hybridized carbons (Fsp3) is 0.300. The van der Waals surface area contributed by atoms with Gasteiger partial charge in [0.25, 0.3) is 0 Å². The third kappa shape index (κ3) is 6.19. The summed E-state index contributed by atoms with van der Waals surface area (Å²) in [6.07, 6.45) is 1.67. The van der Waals surface area contributed by atoms with Gasteiger partial charge in [0.2, 0.25) is 11.8 Å². The average molecular weight is 405 g/mol. The largest absolute Gasteiger partial charge is 0.492 e. The Hall–Kier alpha value is -2.18. The summed E-state index contributed by atoms with van der Waals surface area (Å²) in [4.78, 5) is 24.3. The first kappa shape index (κ1) is 19.6. The number of fused-ring (bicyclic) bond motifs is 1. The van der Waals surface area contributed by atoms with E-state index < -0.39 is 0 Å². The normalized spacial score (nSPS) is 12.9. The number of carbonyl (C=O) groups excluding carboxylic acids is 2. The molecule has 2 aromatic carbocycles. The molecule has 0 aliphatic carbocycles. The molecule has 1 heterocycles. The van der Waals surface area contributed by atoms with Gasteiger partial charge in [-0.25, -0.2) is 0 Å². The number of carbonyl (C=O) groups is 2. The van der Waals surface area contributed by atoms with Crippen molar-refractivity contribution in [3.8, 4) is 5.75 Å². The first-order chi connectivity index (χ1) is 13.1. The van der Waals surface area contributed by atoms with Crippen molar-refractivity contribution < 1.29 is 14.3 Å². The molecule has 7 heteroatoms. The van der Waals surface area contributed by atoms with Gasteiger partial charge in [0, 0.05) is 34.2 Å². The van der Waals surface area contributed by atoms with Gasteiger partial charge in [0.15, 0.2) is 0 Å². The summed E-state index contributed by atoms with van der Waals surface area (Å²) in [6.45, 7) is 0.861. The molecule has 142 valence electrons. The molecule has 0 saturated heterocycles. The maximum atomic E-state index is 11.9. The Balaban J connectivity index is 1.32. The molecular formula is C20H21ClN2O3S. The van der Waals surface area contributed by atoms with Crippen molar-refractivity contribution in [3.63, 3.8) is 0 Å². The molecule has 2 N–H and O–H groups in total. The molecule has 0 unspecified atom stereocenters. The molecule has 27 heavy (non-hydrogen) atoms. The molecule has 1 aliphatic rings. The molecule has 1 aliphatic heterocycles. The Kier molecular flexibility index (Phi) is 7.01. The van der Waals surface area contributed by atoms with E-state index in [9.17, 15) is 9.59 Å². The summed E-state index contributed by atoms with van der Waals surface area (Å²) < 4.78 is 5.69. The lowest BCUT2D eigenvalue weighted by Gasteiger charge is -2.17. The predicted molar refractivity (Wildman–Crippen MR) is 109 cm³/mol. The molecule has 0 spiro atoms. The van der Waals surface area contributed by atoms with E-state index in [4.69, 9.17) is 16.3 Å². The number of rotatable bonds is 8. The van der Waals surface area contributed by atoms with Crippen LogP contribution in [0.4, 0.5) is 5.69 Å². The number of hydrogen-bond acceptors (Lipinski definition) is 4. The quantitative estimate of drug-likeness (QED) is 0.517. The number of aryl methyl sites for hydroxylation is 1. The lowest BCUT2D eigenvalue weighted by molar-refractivity contribution is -0.120. The van der Waals surface area contributed by atoms with Crippen LogP contribution in [0, 0.1) is 0 Å². The minimum Gasteiger partial charge on any atom is -0.492 e. The van der Waals surface area contributed by atoms with Crippen LogP contribution in [0.2, 0.25) is 5.02 Å². The van der Waals surface area contributed by atoms with Crippen LogP contribution < -0.4 is 15.4 Å². The second-order valence-corrected chi connectivity index (χ2v) is 7.72. The van der Waals surface area contributed by atoms with Crippen LogP contribution in [-0.4, -0.2) is 30.7 Å². The third-order valence-electron chi connectivity index (χ3n) is 4.08. The van der Waals surface area contributed by atoms with Gasteiger partial charge in [0.1, 0.15) is 12.4 Å². The van der Waals surface area contributed by atoms with Gasteiger partial charge in [-0.15, -0.1) is 11.8 Å². The monoisotopic (exact) mass is 404 g/mol. The zero-order chi connectivity index (χ0) is 19.1. The predicted octanol–water partition coefficient (Wildman–Crippen LogP) is 3.90. The molecule has 2 aromatic rings. The van der Waals surface area contributed by atoms with E-state index in [2.05, 4.69) is 10.6 Å². The average Bonchev–Trinajstić information content (AvgIpc) is 2.67. The molecule has 0 atom stereocenters. The standard InChI is InChI=1S/C20H21ClN2O3S/c21-15-2-5-17(6-3-15)27-12-9-19(24)22-10-11-26-16-4-7-18-14(13-16)1-8-20(25)23-18/h2-7,13H,1,8-12H2,(H,22,24)(H,23,25). The van der Waals surface area contributed by atoms with Crippen LogP contribution in [-0.2, 0) is 16.0 Å². The highest BCUT2D eigenvalue weighted by atomic mass is 35.5. The maximum Gasteiger partial charge on any atom is 0.224 e. The number of thioether (sulfide) groups is 1. The van der Waals surface area contributed by atoms with Gasteiger partial charge in [-0.05, 0) is 54.4 Å². The highest BCUT2D eigenvalue weighted by molar-refractivity contribution is 7.99. The van der Waals surface area contributed by atoms with E-state index in [1.54, 1.807) is 11.8 Å². The van der Waals surface area contributed by atoms with Gasteiger partial charge < -0.3 is 15.4 Å². The first-order valence-corrected chi connectivity index (χ1v) is 10.2. The summed E-state index contributed by atoms with van der Waals surface area (Å²) in [5.74, 6) is 1.52. The minimum atomic E-state index is 0.00761. The number of halogens is 1. The van der Waals surface area contributed by atoms with E-state index in [1.807, 2.05) is 42.5 Å². The smallest absolute Gasteiger partial charge is 0.224 e. The van der Waals surface area contributed by atoms with Crippen LogP contribution in [0.1, 0.15) is 18.4 Å². The maximum absolute atomic E-state index is 11.9. The summed E-state index contributed by atoms with van der Waals surface area (Å²) in [7, 11) is 0. The van der Waals surface area contributed by atoms with E-state index in [-0.39, 0.29) is 11.8 Å². The number of nitrogens with one attached hydrogen (secondary N) is 2. The Bertz CT molecular complexity index is 811. The van der Waals surface area contributed by atoms with E-state index in [1.165, 1.54) is 0 Å². The van der Waals surface area contributed by atoms with E-state index in [0.717, 1.165) is 28.3 Å². The number of amides is 2.